The molecule has 11 nitrogen and oxygen atoms in total. The molecule has 2 saturated heterocycles. The summed E-state index contributed by atoms with van der Waals surface area (Å²) in [7, 11) is -3.28. The molecule has 0 unspecified atom stereocenters. The average molecular weight is 834 g/mol. The van der Waals surface area contributed by atoms with Gasteiger partial charge in [-0.15, -0.1) is 13.2 Å². The van der Waals surface area contributed by atoms with Gasteiger partial charge in [0.2, 0.25) is 21.8 Å². The van der Waals surface area contributed by atoms with Crippen LogP contribution >= 0.6 is 0 Å². The van der Waals surface area contributed by atoms with Crippen LogP contribution in [0.25, 0.3) is 22.2 Å². The minimum atomic E-state index is -3.28. The molecular formula is C48H59N5O6S. The number of nitrogens with one attached hydrogen (secondary N) is 1. The number of ether oxygens (including phenoxy) is 1. The van der Waals surface area contributed by atoms with Crippen LogP contribution in [0.15, 0.2) is 86.0 Å². The summed E-state index contributed by atoms with van der Waals surface area (Å²) in [5.41, 5.74) is 7.45. The van der Waals surface area contributed by atoms with E-state index in [9.17, 15) is 22.8 Å². The van der Waals surface area contributed by atoms with Gasteiger partial charge in [-0.3, -0.25) is 14.4 Å². The number of fused-ring (bicyclic) bond motifs is 1. The quantitative estimate of drug-likeness (QED) is 0.0608. The molecule has 3 fully saturated rings. The molecule has 1 saturated carbocycles. The number of hydrogen-bond donors (Lipinski definition) is 1. The Morgan fingerprint density at radius 3 is 2.32 bits per heavy atom. The van der Waals surface area contributed by atoms with E-state index >= 15 is 0 Å². The molecule has 12 heteroatoms. The van der Waals surface area contributed by atoms with E-state index < -0.39 is 10.0 Å². The number of unbranched alkanes of at least 4 members (excludes halogenated alkanes) is 1. The van der Waals surface area contributed by atoms with E-state index in [0.29, 0.717) is 75.8 Å². The molecule has 0 bridgehead atoms. The number of amides is 2. The van der Waals surface area contributed by atoms with Crippen LogP contribution < -0.4 is 19.9 Å². The fraction of sp³-hybridized carbons (Fsp3) is 0.438. The van der Waals surface area contributed by atoms with Gasteiger partial charge in [-0.2, -0.15) is 4.31 Å². The van der Waals surface area contributed by atoms with Gasteiger partial charge < -0.3 is 24.4 Å². The molecule has 1 aliphatic carbocycles. The molecule has 0 radical (unpaired) electrons. The smallest absolute Gasteiger partial charge is 0.239 e. The standard InChI is InChI=1S/C48H59N5O6S/c1-4-6-9-15-44(54)37-19-23-41-43(32-37)53(33-45(55)49-25-7-5-2)48(47(41)35-13-10-8-11-14-35)36-17-21-40(22-18-36)59-34-38-31-39(52-26-12-16-46(52)56)20-24-42(38)50-27-29-51(30-28-50)60(3,57)58/h4-5,17-24,31-32,35H,1-2,6-16,25-30,33-34H2,3H3,(H,49,55). The first-order valence-corrected chi connectivity index (χ1v) is 23.4. The number of Topliss-reactive ketones (excluding diaryl/α,β-unsaturated/α-hetero) is 1. The minimum absolute atomic E-state index is 0.0843. The van der Waals surface area contributed by atoms with Crippen LogP contribution in [0.2, 0.25) is 0 Å². The highest BCUT2D eigenvalue weighted by Crippen LogP contribution is 2.45. The van der Waals surface area contributed by atoms with Gasteiger partial charge in [0, 0.05) is 85.5 Å². The molecule has 318 valence electrons. The molecule has 3 heterocycles. The number of anilines is 2. The molecule has 3 aromatic carbocycles. The highest BCUT2D eigenvalue weighted by atomic mass is 32.2. The van der Waals surface area contributed by atoms with Crippen molar-refractivity contribution in [2.24, 2.45) is 0 Å². The second-order valence-corrected chi connectivity index (χ2v) is 18.4. The molecule has 2 aliphatic heterocycles. The number of rotatable bonds is 18. The summed E-state index contributed by atoms with van der Waals surface area (Å²) in [5.74, 6) is 1.09. The summed E-state index contributed by atoms with van der Waals surface area (Å²) in [6.07, 6.45) is 14.5. The maximum absolute atomic E-state index is 13.6. The molecule has 60 heavy (non-hydrogen) atoms. The van der Waals surface area contributed by atoms with Crippen molar-refractivity contribution in [3.05, 3.63) is 103 Å². The largest absolute Gasteiger partial charge is 0.489 e. The molecule has 4 aromatic rings. The average Bonchev–Trinajstić information content (AvgIpc) is 3.83. The van der Waals surface area contributed by atoms with Crippen LogP contribution in [0, 0.1) is 0 Å². The predicted octanol–water partition coefficient (Wildman–Crippen LogP) is 8.37. The third-order valence-electron chi connectivity index (χ3n) is 12.2. The second kappa shape index (κ2) is 19.5. The highest BCUT2D eigenvalue weighted by molar-refractivity contribution is 7.88. The fourth-order valence-electron chi connectivity index (χ4n) is 9.11. The third kappa shape index (κ3) is 9.87. The molecule has 0 spiro atoms. The van der Waals surface area contributed by atoms with Crippen molar-refractivity contribution < 1.29 is 27.5 Å². The van der Waals surface area contributed by atoms with E-state index in [0.717, 1.165) is 84.0 Å². The molecule has 1 aromatic heterocycles. The lowest BCUT2D eigenvalue weighted by atomic mass is 9.81. The highest BCUT2D eigenvalue weighted by Gasteiger charge is 2.29. The van der Waals surface area contributed by atoms with Crippen molar-refractivity contribution in [1.82, 2.24) is 14.2 Å². The zero-order valence-electron chi connectivity index (χ0n) is 35.0. The van der Waals surface area contributed by atoms with Gasteiger partial charge in [-0.05, 0) is 104 Å². The lowest BCUT2D eigenvalue weighted by molar-refractivity contribution is -0.121. The van der Waals surface area contributed by atoms with E-state index in [-0.39, 0.29) is 30.7 Å². The van der Waals surface area contributed by atoms with Gasteiger partial charge in [-0.25, -0.2) is 8.42 Å². The first kappa shape index (κ1) is 42.9. The molecule has 7 rings (SSSR count). The number of carbonyl (C=O) groups is 3. The zero-order valence-corrected chi connectivity index (χ0v) is 35.8. The number of allylic oxidation sites excluding steroid dienone is 1. The molecule has 1 N–H and O–H groups in total. The Morgan fingerprint density at radius 2 is 1.63 bits per heavy atom. The number of sulfonamides is 1. The van der Waals surface area contributed by atoms with Crippen molar-refractivity contribution >= 4 is 49.9 Å². The first-order chi connectivity index (χ1) is 29.0. The van der Waals surface area contributed by atoms with Crippen LogP contribution in [0.4, 0.5) is 11.4 Å². The Hall–Kier alpha value is -5.20. The maximum Gasteiger partial charge on any atom is 0.239 e. The number of aromatic nitrogens is 1. The van der Waals surface area contributed by atoms with Crippen molar-refractivity contribution in [2.45, 2.75) is 89.7 Å². The van der Waals surface area contributed by atoms with Gasteiger partial charge in [-0.1, -0.05) is 43.5 Å². The Balaban J connectivity index is 1.22. The number of nitrogens with zero attached hydrogens (tertiary/aromatic N) is 4. The van der Waals surface area contributed by atoms with E-state index in [4.69, 9.17) is 4.74 Å². The Morgan fingerprint density at radius 1 is 0.883 bits per heavy atom. The molecule has 0 atom stereocenters. The fourth-order valence-corrected chi connectivity index (χ4v) is 9.94. The number of carbonyl (C=O) groups excluding carboxylic acids is 3. The predicted molar refractivity (Wildman–Crippen MR) is 240 cm³/mol. The monoisotopic (exact) mass is 833 g/mol. The summed E-state index contributed by atoms with van der Waals surface area (Å²) < 4.78 is 34.6. The summed E-state index contributed by atoms with van der Waals surface area (Å²) in [4.78, 5) is 43.7. The molecular weight excluding hydrogens is 775 g/mol. The number of piperazine rings is 1. The van der Waals surface area contributed by atoms with Gasteiger partial charge in [0.25, 0.3) is 0 Å². The number of benzene rings is 3. The summed E-state index contributed by atoms with van der Waals surface area (Å²) in [6, 6.07) is 20.1. The third-order valence-corrected chi connectivity index (χ3v) is 13.5. The van der Waals surface area contributed by atoms with E-state index in [1.54, 1.807) is 6.08 Å². The van der Waals surface area contributed by atoms with Crippen LogP contribution in [-0.4, -0.2) is 80.4 Å². The summed E-state index contributed by atoms with van der Waals surface area (Å²) in [6.45, 7) is 11.0. The number of hydrogen-bond acceptors (Lipinski definition) is 7. The van der Waals surface area contributed by atoms with Crippen molar-refractivity contribution in [1.29, 1.82) is 0 Å². The van der Waals surface area contributed by atoms with Crippen LogP contribution in [0.5, 0.6) is 5.75 Å². The minimum Gasteiger partial charge on any atom is -0.489 e. The van der Waals surface area contributed by atoms with Crippen LogP contribution in [0.1, 0.15) is 98.0 Å². The SMILES string of the molecule is C=CCCCC(=O)c1ccc2c(C3CCCCC3)c(-c3ccc(OCc4cc(N5CCCC5=O)ccc4N4CCN(S(C)(=O)=O)CC4)cc3)n(CC(=O)NCCC=C)c2c1. The summed E-state index contributed by atoms with van der Waals surface area (Å²) >= 11 is 0. The molecule has 2 amide bonds. The lowest BCUT2D eigenvalue weighted by Crippen LogP contribution is -2.48. The van der Waals surface area contributed by atoms with Gasteiger partial charge in [0.15, 0.2) is 5.78 Å². The van der Waals surface area contributed by atoms with Crippen LogP contribution in [-0.2, 0) is 32.8 Å². The Bertz CT molecular complexity index is 2320. The van der Waals surface area contributed by atoms with E-state index in [1.807, 2.05) is 53.4 Å². The van der Waals surface area contributed by atoms with Gasteiger partial charge in [0.05, 0.1) is 11.9 Å². The maximum atomic E-state index is 13.6. The Kier molecular flexibility index (Phi) is 13.9. The van der Waals surface area contributed by atoms with Crippen molar-refractivity contribution in [3.63, 3.8) is 0 Å². The van der Waals surface area contributed by atoms with Crippen molar-refractivity contribution in [3.8, 4) is 17.0 Å². The molecule has 3 aliphatic rings. The Labute approximate surface area is 355 Å². The van der Waals surface area contributed by atoms with Crippen molar-refractivity contribution in [2.75, 3.05) is 55.3 Å². The van der Waals surface area contributed by atoms with Gasteiger partial charge >= 0.3 is 0 Å². The van der Waals surface area contributed by atoms with Crippen LogP contribution in [0.3, 0.4) is 0 Å². The van der Waals surface area contributed by atoms with Gasteiger partial charge in [0.1, 0.15) is 18.9 Å². The van der Waals surface area contributed by atoms with E-state index in [1.165, 1.54) is 22.5 Å². The second-order valence-electron chi connectivity index (χ2n) is 16.4. The van der Waals surface area contributed by atoms with E-state index in [2.05, 4.69) is 46.1 Å². The zero-order chi connectivity index (χ0) is 42.2. The lowest BCUT2D eigenvalue weighted by Gasteiger charge is -2.36. The summed E-state index contributed by atoms with van der Waals surface area (Å²) in [5, 5.41) is 4.14. The normalized spacial score (nSPS) is 16.6. The first-order valence-electron chi connectivity index (χ1n) is 21.6. The topological polar surface area (TPSA) is 121 Å². The number of ketones is 1.